The van der Waals surface area contributed by atoms with Crippen molar-refractivity contribution in [1.29, 1.82) is 0 Å². The molecule has 0 aliphatic heterocycles. The molecule has 0 saturated heterocycles. The summed E-state index contributed by atoms with van der Waals surface area (Å²) in [6.45, 7) is 1.85. The SMILES string of the molecule is Cc1ncn(-c2ccnn2C)n1. The van der Waals surface area contributed by atoms with Crippen molar-refractivity contribution in [1.82, 2.24) is 24.5 Å². The summed E-state index contributed by atoms with van der Waals surface area (Å²) in [6, 6.07) is 1.88. The van der Waals surface area contributed by atoms with Gasteiger partial charge in [-0.1, -0.05) is 0 Å². The second kappa shape index (κ2) is 2.44. The number of aromatic nitrogens is 5. The topological polar surface area (TPSA) is 48.5 Å². The molecule has 62 valence electrons. The summed E-state index contributed by atoms with van der Waals surface area (Å²) in [4.78, 5) is 4.02. The van der Waals surface area contributed by atoms with E-state index in [1.807, 2.05) is 20.0 Å². The van der Waals surface area contributed by atoms with E-state index in [-0.39, 0.29) is 0 Å². The number of nitrogens with zero attached hydrogens (tertiary/aromatic N) is 5. The van der Waals surface area contributed by atoms with Crippen LogP contribution in [0.4, 0.5) is 0 Å². The lowest BCUT2D eigenvalue weighted by Crippen LogP contribution is -2.03. The third kappa shape index (κ3) is 0.990. The van der Waals surface area contributed by atoms with Gasteiger partial charge in [0, 0.05) is 13.1 Å². The van der Waals surface area contributed by atoms with Gasteiger partial charge < -0.3 is 0 Å². The summed E-state index contributed by atoms with van der Waals surface area (Å²) in [5.41, 5.74) is 0. The first-order valence-electron chi connectivity index (χ1n) is 3.64. The number of hydrogen-bond donors (Lipinski definition) is 0. The van der Waals surface area contributed by atoms with Crippen molar-refractivity contribution < 1.29 is 0 Å². The fraction of sp³-hybridized carbons (Fsp3) is 0.286. The van der Waals surface area contributed by atoms with Gasteiger partial charge in [-0.15, -0.1) is 0 Å². The second-order valence-electron chi connectivity index (χ2n) is 2.55. The second-order valence-corrected chi connectivity index (χ2v) is 2.55. The standard InChI is InChI=1S/C7H9N5/c1-6-8-5-12(10-6)7-3-4-9-11(7)2/h3-5H,1-2H3. The average Bonchev–Trinajstić information content (AvgIpc) is 2.58. The Morgan fingerprint density at radius 2 is 2.25 bits per heavy atom. The average molecular weight is 163 g/mol. The third-order valence-electron chi connectivity index (χ3n) is 1.64. The van der Waals surface area contributed by atoms with Crippen LogP contribution in [0.3, 0.4) is 0 Å². The van der Waals surface area contributed by atoms with Crippen molar-refractivity contribution in [3.05, 3.63) is 24.4 Å². The smallest absolute Gasteiger partial charge is 0.153 e. The maximum Gasteiger partial charge on any atom is 0.153 e. The number of rotatable bonds is 1. The molecule has 2 rings (SSSR count). The minimum Gasteiger partial charge on any atom is -0.251 e. The third-order valence-corrected chi connectivity index (χ3v) is 1.64. The van der Waals surface area contributed by atoms with Gasteiger partial charge in [-0.25, -0.2) is 9.67 Å². The van der Waals surface area contributed by atoms with Gasteiger partial charge in [0.25, 0.3) is 0 Å². The van der Waals surface area contributed by atoms with E-state index in [1.54, 1.807) is 21.9 Å². The normalized spacial score (nSPS) is 10.5. The molecule has 0 amide bonds. The van der Waals surface area contributed by atoms with Crippen molar-refractivity contribution >= 4 is 0 Å². The van der Waals surface area contributed by atoms with E-state index in [0.717, 1.165) is 11.6 Å². The summed E-state index contributed by atoms with van der Waals surface area (Å²) in [5, 5.41) is 8.19. The molecule has 0 N–H and O–H groups in total. The summed E-state index contributed by atoms with van der Waals surface area (Å²) < 4.78 is 3.44. The first kappa shape index (κ1) is 7.02. The molecular formula is C7H9N5. The monoisotopic (exact) mass is 163 g/mol. The van der Waals surface area contributed by atoms with Crippen molar-refractivity contribution in [2.24, 2.45) is 7.05 Å². The number of hydrogen-bond acceptors (Lipinski definition) is 3. The van der Waals surface area contributed by atoms with Crippen LogP contribution in [-0.4, -0.2) is 24.5 Å². The van der Waals surface area contributed by atoms with Crippen LogP contribution < -0.4 is 0 Å². The fourth-order valence-electron chi connectivity index (χ4n) is 1.05. The lowest BCUT2D eigenvalue weighted by Gasteiger charge is -1.98. The Morgan fingerprint density at radius 3 is 2.75 bits per heavy atom. The maximum absolute atomic E-state index is 4.16. The van der Waals surface area contributed by atoms with Crippen molar-refractivity contribution in [2.45, 2.75) is 6.92 Å². The fourth-order valence-corrected chi connectivity index (χ4v) is 1.05. The highest BCUT2D eigenvalue weighted by atomic mass is 15.4. The zero-order valence-electron chi connectivity index (χ0n) is 6.97. The van der Waals surface area contributed by atoms with Crippen molar-refractivity contribution in [3.63, 3.8) is 0 Å². The van der Waals surface area contributed by atoms with Gasteiger partial charge in [-0.2, -0.15) is 10.2 Å². The Hall–Kier alpha value is -1.65. The highest BCUT2D eigenvalue weighted by Gasteiger charge is 2.01. The molecule has 5 nitrogen and oxygen atoms in total. The molecule has 5 heteroatoms. The predicted octanol–water partition coefficient (Wildman–Crippen LogP) is 0.309. The molecule has 2 aromatic rings. The van der Waals surface area contributed by atoms with E-state index in [4.69, 9.17) is 0 Å². The van der Waals surface area contributed by atoms with Crippen LogP contribution in [0.5, 0.6) is 0 Å². The zero-order chi connectivity index (χ0) is 8.55. The van der Waals surface area contributed by atoms with Gasteiger partial charge in [0.2, 0.25) is 0 Å². The van der Waals surface area contributed by atoms with E-state index in [2.05, 4.69) is 15.2 Å². The zero-order valence-corrected chi connectivity index (χ0v) is 6.97. The van der Waals surface area contributed by atoms with E-state index in [0.29, 0.717) is 0 Å². The molecule has 0 radical (unpaired) electrons. The lowest BCUT2D eigenvalue weighted by atomic mass is 10.6. The van der Waals surface area contributed by atoms with Crippen LogP contribution in [0, 0.1) is 6.92 Å². The van der Waals surface area contributed by atoms with E-state index in [9.17, 15) is 0 Å². The molecule has 0 bridgehead atoms. The molecule has 0 aromatic carbocycles. The molecule has 0 spiro atoms. The Morgan fingerprint density at radius 1 is 1.42 bits per heavy atom. The predicted molar refractivity (Wildman–Crippen MR) is 42.9 cm³/mol. The Labute approximate surface area is 69.7 Å². The number of aryl methyl sites for hydroxylation is 2. The summed E-state index contributed by atoms with van der Waals surface area (Å²) in [6.07, 6.45) is 3.40. The van der Waals surface area contributed by atoms with Gasteiger partial charge in [0.1, 0.15) is 12.2 Å². The van der Waals surface area contributed by atoms with E-state index in [1.165, 1.54) is 0 Å². The first-order valence-corrected chi connectivity index (χ1v) is 3.64. The van der Waals surface area contributed by atoms with Gasteiger partial charge in [0.15, 0.2) is 5.82 Å². The van der Waals surface area contributed by atoms with Gasteiger partial charge in [-0.05, 0) is 6.92 Å². The molecule has 0 saturated carbocycles. The van der Waals surface area contributed by atoms with Crippen LogP contribution in [0.2, 0.25) is 0 Å². The van der Waals surface area contributed by atoms with Crippen LogP contribution in [0.15, 0.2) is 18.6 Å². The highest BCUT2D eigenvalue weighted by molar-refractivity contribution is 5.18. The van der Waals surface area contributed by atoms with Crippen LogP contribution >= 0.6 is 0 Å². The Kier molecular flexibility index (Phi) is 1.43. The Balaban J connectivity index is 2.50. The van der Waals surface area contributed by atoms with Crippen LogP contribution in [0.25, 0.3) is 5.82 Å². The molecular weight excluding hydrogens is 154 g/mol. The quantitative estimate of drug-likeness (QED) is 0.607. The molecule has 2 heterocycles. The lowest BCUT2D eigenvalue weighted by molar-refractivity contribution is 0.695. The summed E-state index contributed by atoms with van der Waals surface area (Å²) >= 11 is 0. The summed E-state index contributed by atoms with van der Waals surface area (Å²) in [5.74, 6) is 1.67. The largest absolute Gasteiger partial charge is 0.251 e. The minimum absolute atomic E-state index is 0.760. The van der Waals surface area contributed by atoms with Crippen molar-refractivity contribution in [3.8, 4) is 5.82 Å². The molecule has 0 fully saturated rings. The van der Waals surface area contributed by atoms with Crippen LogP contribution in [-0.2, 0) is 7.05 Å². The molecule has 2 aromatic heterocycles. The Bertz CT molecular complexity index is 386. The molecule has 0 atom stereocenters. The van der Waals surface area contributed by atoms with Gasteiger partial charge >= 0.3 is 0 Å². The molecule has 12 heavy (non-hydrogen) atoms. The maximum atomic E-state index is 4.16. The van der Waals surface area contributed by atoms with Crippen molar-refractivity contribution in [2.75, 3.05) is 0 Å². The van der Waals surface area contributed by atoms with E-state index < -0.39 is 0 Å². The molecule has 0 unspecified atom stereocenters. The van der Waals surface area contributed by atoms with Gasteiger partial charge in [-0.3, -0.25) is 4.68 Å². The van der Waals surface area contributed by atoms with Gasteiger partial charge in [0.05, 0.1) is 6.20 Å². The highest BCUT2D eigenvalue weighted by Crippen LogP contribution is 2.02. The summed E-state index contributed by atoms with van der Waals surface area (Å²) in [7, 11) is 1.87. The van der Waals surface area contributed by atoms with E-state index >= 15 is 0 Å². The molecule has 0 aliphatic carbocycles. The first-order chi connectivity index (χ1) is 5.77. The van der Waals surface area contributed by atoms with Crippen LogP contribution in [0.1, 0.15) is 5.82 Å². The molecule has 0 aliphatic rings. The minimum atomic E-state index is 0.760.